The van der Waals surface area contributed by atoms with Crippen LogP contribution in [0, 0.1) is 17.8 Å². The van der Waals surface area contributed by atoms with Gasteiger partial charge in [-0.2, -0.15) is 0 Å². The van der Waals surface area contributed by atoms with Crippen LogP contribution in [0.4, 0.5) is 0 Å². The Kier molecular flexibility index (Phi) is 0.415. The van der Waals surface area contributed by atoms with E-state index in [4.69, 9.17) is 0 Å². The van der Waals surface area contributed by atoms with Crippen LogP contribution in [-0.2, 0) is 0 Å². The van der Waals surface area contributed by atoms with Crippen molar-refractivity contribution in [3.63, 3.8) is 0 Å². The van der Waals surface area contributed by atoms with Gasteiger partial charge >= 0.3 is 0 Å². The van der Waals surface area contributed by atoms with Gasteiger partial charge in [-0.1, -0.05) is 11.6 Å². The van der Waals surface area contributed by atoms with Gasteiger partial charge in [-0.25, -0.2) is 0 Å². The zero-order chi connectivity index (χ0) is 5.14. The van der Waals surface area contributed by atoms with Crippen molar-refractivity contribution in [2.75, 3.05) is 0 Å². The maximum atomic E-state index is 2.54. The molecule has 0 heteroatoms. The monoisotopic (exact) mass is 106 g/mol. The number of hydrogen-bond donors (Lipinski definition) is 0. The highest BCUT2D eigenvalue weighted by molar-refractivity contribution is 5.34. The maximum absolute atomic E-state index is 2.54. The van der Waals surface area contributed by atoms with E-state index < -0.39 is 0 Å². The molecule has 3 aliphatic rings. The molecule has 0 bridgehead atoms. The van der Waals surface area contributed by atoms with Gasteiger partial charge in [-0.15, -0.1) is 0 Å². The summed E-state index contributed by atoms with van der Waals surface area (Å²) in [5.41, 5.74) is 1.80. The maximum Gasteiger partial charge on any atom is -0.0132 e. The van der Waals surface area contributed by atoms with Gasteiger partial charge < -0.3 is 0 Å². The van der Waals surface area contributed by atoms with E-state index in [2.05, 4.69) is 6.08 Å². The Balaban J connectivity index is 2.05. The molecule has 0 N–H and O–H groups in total. The van der Waals surface area contributed by atoms with Gasteiger partial charge in [0.05, 0.1) is 0 Å². The van der Waals surface area contributed by atoms with E-state index in [1.807, 2.05) is 0 Å². The van der Waals surface area contributed by atoms with Crippen LogP contribution in [0.2, 0.25) is 0 Å². The Labute approximate surface area is 49.6 Å². The van der Waals surface area contributed by atoms with Crippen LogP contribution in [0.5, 0.6) is 0 Å². The quantitative estimate of drug-likeness (QED) is 0.414. The van der Waals surface area contributed by atoms with Crippen molar-refractivity contribution in [1.82, 2.24) is 0 Å². The Hall–Kier alpha value is -0.260. The second-order valence-electron chi connectivity index (χ2n) is 3.46. The van der Waals surface area contributed by atoms with Crippen LogP contribution in [0.1, 0.15) is 19.3 Å². The number of hydrogen-bond acceptors (Lipinski definition) is 0. The van der Waals surface area contributed by atoms with E-state index >= 15 is 0 Å². The minimum atomic E-state index is 1.06. The van der Waals surface area contributed by atoms with Gasteiger partial charge in [0.15, 0.2) is 0 Å². The minimum absolute atomic E-state index is 1.06. The summed E-state index contributed by atoms with van der Waals surface area (Å²) in [6.07, 6.45) is 7.06. The van der Waals surface area contributed by atoms with Crippen molar-refractivity contribution in [2.45, 2.75) is 19.3 Å². The lowest BCUT2D eigenvalue weighted by Crippen LogP contribution is -2.22. The summed E-state index contributed by atoms with van der Waals surface area (Å²) in [5, 5.41) is 0. The smallest absolute Gasteiger partial charge is 0.0132 e. The van der Waals surface area contributed by atoms with Crippen molar-refractivity contribution in [3.8, 4) is 0 Å². The summed E-state index contributed by atoms with van der Waals surface area (Å²) >= 11 is 0. The summed E-state index contributed by atoms with van der Waals surface area (Å²) in [7, 11) is 0. The van der Waals surface area contributed by atoms with E-state index in [1.54, 1.807) is 5.57 Å². The third-order valence-electron chi connectivity index (χ3n) is 3.10. The SMILES string of the molecule is C1=C2CC2C2CCC12. The first-order valence-electron chi connectivity index (χ1n) is 3.66. The Morgan fingerprint density at radius 2 is 2.38 bits per heavy atom. The Bertz CT molecular complexity index is 167. The van der Waals surface area contributed by atoms with E-state index in [0.29, 0.717) is 0 Å². The summed E-state index contributed by atoms with van der Waals surface area (Å²) < 4.78 is 0. The molecule has 0 nitrogen and oxygen atoms in total. The molecule has 3 atom stereocenters. The highest BCUT2D eigenvalue weighted by Gasteiger charge is 2.50. The molecule has 0 heterocycles. The third kappa shape index (κ3) is 0.249. The average molecular weight is 106 g/mol. The topological polar surface area (TPSA) is 0 Å². The van der Waals surface area contributed by atoms with E-state index in [9.17, 15) is 0 Å². The molecule has 0 aromatic carbocycles. The predicted molar refractivity (Wildman–Crippen MR) is 32.4 cm³/mol. The molecular formula is C8H10. The van der Waals surface area contributed by atoms with Gasteiger partial charge in [0.25, 0.3) is 0 Å². The van der Waals surface area contributed by atoms with E-state index in [0.717, 1.165) is 17.8 Å². The second kappa shape index (κ2) is 0.896. The largest absolute Gasteiger partial charge is 0.0816 e. The van der Waals surface area contributed by atoms with Crippen molar-refractivity contribution in [2.24, 2.45) is 17.8 Å². The molecule has 3 unspecified atom stereocenters. The minimum Gasteiger partial charge on any atom is -0.0816 e. The van der Waals surface area contributed by atoms with Crippen molar-refractivity contribution >= 4 is 0 Å². The summed E-state index contributed by atoms with van der Waals surface area (Å²) in [5.74, 6) is 3.31. The summed E-state index contributed by atoms with van der Waals surface area (Å²) in [4.78, 5) is 0. The first-order chi connectivity index (χ1) is 3.95. The normalized spacial score (nSPS) is 56.0. The number of fused-ring (bicyclic) bond motifs is 3. The number of rotatable bonds is 0. The zero-order valence-electron chi connectivity index (χ0n) is 4.93. The first-order valence-corrected chi connectivity index (χ1v) is 3.66. The molecule has 0 spiro atoms. The fourth-order valence-corrected chi connectivity index (χ4v) is 2.35. The van der Waals surface area contributed by atoms with Gasteiger partial charge in [0.2, 0.25) is 0 Å². The molecule has 3 rings (SSSR count). The van der Waals surface area contributed by atoms with Crippen molar-refractivity contribution < 1.29 is 0 Å². The van der Waals surface area contributed by atoms with E-state index in [-0.39, 0.29) is 0 Å². The van der Waals surface area contributed by atoms with Crippen LogP contribution in [0.15, 0.2) is 11.6 Å². The van der Waals surface area contributed by atoms with Crippen LogP contribution in [-0.4, -0.2) is 0 Å². The molecule has 0 amide bonds. The fourth-order valence-electron chi connectivity index (χ4n) is 2.35. The van der Waals surface area contributed by atoms with Crippen LogP contribution < -0.4 is 0 Å². The molecule has 2 saturated carbocycles. The van der Waals surface area contributed by atoms with Crippen LogP contribution in [0.3, 0.4) is 0 Å². The van der Waals surface area contributed by atoms with Crippen LogP contribution in [0.25, 0.3) is 0 Å². The summed E-state index contributed by atoms with van der Waals surface area (Å²) in [6.45, 7) is 0. The molecule has 42 valence electrons. The predicted octanol–water partition coefficient (Wildman–Crippen LogP) is 1.97. The highest BCUT2D eigenvalue weighted by atomic mass is 14.5. The zero-order valence-corrected chi connectivity index (χ0v) is 4.93. The van der Waals surface area contributed by atoms with Gasteiger partial charge in [0.1, 0.15) is 0 Å². The van der Waals surface area contributed by atoms with Gasteiger partial charge in [-0.05, 0) is 37.0 Å². The van der Waals surface area contributed by atoms with Crippen molar-refractivity contribution in [1.29, 1.82) is 0 Å². The lowest BCUT2D eigenvalue weighted by atomic mass is 9.74. The van der Waals surface area contributed by atoms with E-state index in [1.165, 1.54) is 19.3 Å². The molecular weight excluding hydrogens is 96.1 g/mol. The summed E-state index contributed by atoms with van der Waals surface area (Å²) in [6, 6.07) is 0. The highest BCUT2D eigenvalue weighted by Crippen LogP contribution is 2.60. The molecule has 2 fully saturated rings. The lowest BCUT2D eigenvalue weighted by molar-refractivity contribution is 0.216. The third-order valence-corrected chi connectivity index (χ3v) is 3.10. The molecule has 0 aromatic heterocycles. The first kappa shape index (κ1) is 3.71. The standard InChI is InChI=1S/C8H10/c1-2-7-5(1)3-6-4-8(6)7/h3,5,7-8H,1-2,4H2. The van der Waals surface area contributed by atoms with Gasteiger partial charge in [0, 0.05) is 0 Å². The Morgan fingerprint density at radius 3 is 2.75 bits per heavy atom. The molecule has 3 aliphatic carbocycles. The molecule has 0 saturated heterocycles. The fraction of sp³-hybridized carbons (Fsp3) is 0.750. The molecule has 0 aliphatic heterocycles. The Morgan fingerprint density at radius 1 is 1.38 bits per heavy atom. The average Bonchev–Trinajstić information content (AvgIpc) is 2.34. The second-order valence-corrected chi connectivity index (χ2v) is 3.46. The molecule has 8 heavy (non-hydrogen) atoms. The van der Waals surface area contributed by atoms with Crippen molar-refractivity contribution in [3.05, 3.63) is 11.6 Å². The lowest BCUT2D eigenvalue weighted by Gasteiger charge is -2.31. The van der Waals surface area contributed by atoms with Crippen LogP contribution >= 0.6 is 0 Å². The van der Waals surface area contributed by atoms with Gasteiger partial charge in [-0.3, -0.25) is 0 Å². The molecule has 0 radical (unpaired) electrons. The number of allylic oxidation sites excluding steroid dienone is 2. The molecule has 0 aromatic rings.